The summed E-state index contributed by atoms with van der Waals surface area (Å²) in [5.41, 5.74) is 2.32. The molecule has 0 atom stereocenters. The molecule has 2 aromatic carbocycles. The Balaban J connectivity index is 1.57. The lowest BCUT2D eigenvalue weighted by Crippen LogP contribution is -2.22. The van der Waals surface area contributed by atoms with Gasteiger partial charge in [-0.2, -0.15) is 5.10 Å². The van der Waals surface area contributed by atoms with E-state index in [-0.39, 0.29) is 6.61 Å². The highest BCUT2D eigenvalue weighted by Gasteiger charge is 2.12. The van der Waals surface area contributed by atoms with Gasteiger partial charge >= 0.3 is 5.97 Å². The summed E-state index contributed by atoms with van der Waals surface area (Å²) < 4.78 is 6.67. The van der Waals surface area contributed by atoms with Crippen molar-refractivity contribution in [3.63, 3.8) is 0 Å². The predicted octanol–water partition coefficient (Wildman–Crippen LogP) is 3.69. The van der Waals surface area contributed by atoms with Gasteiger partial charge in [-0.25, -0.2) is 9.48 Å². The fourth-order valence-corrected chi connectivity index (χ4v) is 2.63. The van der Waals surface area contributed by atoms with E-state index >= 15 is 0 Å². The Bertz CT molecular complexity index is 951. The second kappa shape index (κ2) is 8.51. The predicted molar refractivity (Wildman–Crippen MR) is 103 cm³/mol. The number of aromatic nitrogens is 2. The van der Waals surface area contributed by atoms with Crippen LogP contribution in [0.3, 0.4) is 0 Å². The van der Waals surface area contributed by atoms with Crippen LogP contribution in [0, 0.1) is 6.92 Å². The number of nitrogens with one attached hydrogen (secondary N) is 1. The molecule has 3 rings (SSSR count). The van der Waals surface area contributed by atoms with Gasteiger partial charge in [-0.3, -0.25) is 4.79 Å². The van der Waals surface area contributed by atoms with Crippen molar-refractivity contribution in [3.8, 4) is 0 Å². The van der Waals surface area contributed by atoms with Gasteiger partial charge in [-0.15, -0.1) is 0 Å². The SMILES string of the molecule is Cc1ccc(C(=O)OCC(=O)Nc2ccnn2Cc2ccccc2Cl)cc1. The molecular formula is C20H18ClN3O3. The van der Waals surface area contributed by atoms with Gasteiger partial charge in [-0.1, -0.05) is 47.5 Å². The van der Waals surface area contributed by atoms with E-state index < -0.39 is 11.9 Å². The molecule has 3 aromatic rings. The highest BCUT2D eigenvalue weighted by atomic mass is 35.5. The summed E-state index contributed by atoms with van der Waals surface area (Å²) in [5.74, 6) is -0.502. The zero-order valence-corrected chi connectivity index (χ0v) is 15.4. The Morgan fingerprint density at radius 2 is 1.85 bits per heavy atom. The molecule has 1 aromatic heterocycles. The lowest BCUT2D eigenvalue weighted by Gasteiger charge is -2.10. The average Bonchev–Trinajstić information content (AvgIpc) is 3.09. The van der Waals surface area contributed by atoms with E-state index in [9.17, 15) is 9.59 Å². The van der Waals surface area contributed by atoms with Crippen LogP contribution in [0.2, 0.25) is 5.02 Å². The van der Waals surface area contributed by atoms with E-state index in [0.29, 0.717) is 22.9 Å². The van der Waals surface area contributed by atoms with Crippen LogP contribution in [-0.2, 0) is 16.1 Å². The molecule has 1 N–H and O–H groups in total. The molecule has 1 amide bonds. The first-order valence-corrected chi connectivity index (χ1v) is 8.69. The number of aryl methyl sites for hydroxylation is 1. The third-order valence-corrected chi connectivity index (χ3v) is 4.25. The quantitative estimate of drug-likeness (QED) is 0.659. The molecule has 0 aliphatic carbocycles. The zero-order valence-electron chi connectivity index (χ0n) is 14.7. The molecule has 0 saturated heterocycles. The summed E-state index contributed by atoms with van der Waals surface area (Å²) in [6.45, 7) is 1.95. The standard InChI is InChI=1S/C20H18ClN3O3/c1-14-6-8-15(9-7-14)20(26)27-13-19(25)23-18-10-11-22-24(18)12-16-4-2-3-5-17(16)21/h2-11H,12-13H2,1H3,(H,23,25). The topological polar surface area (TPSA) is 73.2 Å². The molecule has 7 heteroatoms. The molecule has 0 fully saturated rings. The molecule has 138 valence electrons. The Kier molecular flexibility index (Phi) is 5.88. The molecule has 0 unspecified atom stereocenters. The number of carbonyl (C=O) groups is 2. The number of carbonyl (C=O) groups excluding carboxylic acids is 2. The molecule has 6 nitrogen and oxygen atoms in total. The van der Waals surface area contributed by atoms with Crippen LogP contribution in [0.25, 0.3) is 0 Å². The van der Waals surface area contributed by atoms with Gasteiger partial charge in [0.2, 0.25) is 0 Å². The Labute approximate surface area is 161 Å². The highest BCUT2D eigenvalue weighted by Crippen LogP contribution is 2.18. The van der Waals surface area contributed by atoms with E-state index in [0.717, 1.165) is 11.1 Å². The monoisotopic (exact) mass is 383 g/mol. The third kappa shape index (κ3) is 4.95. The van der Waals surface area contributed by atoms with Crippen LogP contribution >= 0.6 is 11.6 Å². The maximum Gasteiger partial charge on any atom is 0.338 e. The second-order valence-corrected chi connectivity index (χ2v) is 6.36. The van der Waals surface area contributed by atoms with Gasteiger partial charge in [-0.05, 0) is 30.7 Å². The number of hydrogen-bond donors (Lipinski definition) is 1. The minimum Gasteiger partial charge on any atom is -0.452 e. The van der Waals surface area contributed by atoms with E-state index in [1.54, 1.807) is 35.1 Å². The van der Waals surface area contributed by atoms with Crippen molar-refractivity contribution in [1.29, 1.82) is 0 Å². The van der Waals surface area contributed by atoms with Crippen molar-refractivity contribution < 1.29 is 14.3 Å². The van der Waals surface area contributed by atoms with Crippen molar-refractivity contribution in [2.75, 3.05) is 11.9 Å². The van der Waals surface area contributed by atoms with Crippen molar-refractivity contribution >= 4 is 29.3 Å². The molecule has 1 heterocycles. The van der Waals surface area contributed by atoms with Gasteiger partial charge in [0.15, 0.2) is 6.61 Å². The fraction of sp³-hybridized carbons (Fsp3) is 0.150. The molecular weight excluding hydrogens is 366 g/mol. The molecule has 0 bridgehead atoms. The van der Waals surface area contributed by atoms with E-state index in [4.69, 9.17) is 16.3 Å². The number of amides is 1. The van der Waals surface area contributed by atoms with Crippen LogP contribution < -0.4 is 5.32 Å². The number of ether oxygens (including phenoxy) is 1. The van der Waals surface area contributed by atoms with Crippen molar-refractivity contribution in [3.05, 3.63) is 82.5 Å². The van der Waals surface area contributed by atoms with Gasteiger partial charge < -0.3 is 10.1 Å². The summed E-state index contributed by atoms with van der Waals surface area (Å²) in [6, 6.07) is 16.0. The maximum atomic E-state index is 12.1. The van der Waals surface area contributed by atoms with Crippen LogP contribution in [0.4, 0.5) is 5.82 Å². The molecule has 27 heavy (non-hydrogen) atoms. The number of benzene rings is 2. The highest BCUT2D eigenvalue weighted by molar-refractivity contribution is 6.31. The summed E-state index contributed by atoms with van der Waals surface area (Å²) in [6.07, 6.45) is 1.57. The van der Waals surface area contributed by atoms with E-state index in [2.05, 4.69) is 10.4 Å². The molecule has 0 aliphatic rings. The van der Waals surface area contributed by atoms with E-state index in [1.807, 2.05) is 37.3 Å². The summed E-state index contributed by atoms with van der Waals surface area (Å²) in [5, 5.41) is 7.50. The van der Waals surface area contributed by atoms with Crippen LogP contribution in [0.5, 0.6) is 0 Å². The van der Waals surface area contributed by atoms with Gasteiger partial charge in [0, 0.05) is 11.1 Å². The van der Waals surface area contributed by atoms with Crippen molar-refractivity contribution in [2.45, 2.75) is 13.5 Å². The minimum absolute atomic E-state index is 0.385. The Morgan fingerprint density at radius 3 is 2.59 bits per heavy atom. The molecule has 0 spiro atoms. The normalized spacial score (nSPS) is 10.4. The smallest absolute Gasteiger partial charge is 0.338 e. The van der Waals surface area contributed by atoms with Crippen LogP contribution in [-0.4, -0.2) is 28.3 Å². The lowest BCUT2D eigenvalue weighted by atomic mass is 10.1. The van der Waals surface area contributed by atoms with Crippen LogP contribution in [0.15, 0.2) is 60.8 Å². The maximum absolute atomic E-state index is 12.1. The largest absolute Gasteiger partial charge is 0.452 e. The fourth-order valence-electron chi connectivity index (χ4n) is 2.44. The first kappa shape index (κ1) is 18.7. The van der Waals surface area contributed by atoms with Gasteiger partial charge in [0.1, 0.15) is 5.82 Å². The summed E-state index contributed by atoms with van der Waals surface area (Å²) in [7, 11) is 0. The van der Waals surface area contributed by atoms with Gasteiger partial charge in [0.05, 0.1) is 18.3 Å². The molecule has 0 saturated carbocycles. The number of rotatable bonds is 6. The Morgan fingerprint density at radius 1 is 1.11 bits per heavy atom. The summed E-state index contributed by atoms with van der Waals surface area (Å²) >= 11 is 6.17. The number of esters is 1. The summed E-state index contributed by atoms with van der Waals surface area (Å²) in [4.78, 5) is 24.1. The van der Waals surface area contributed by atoms with Gasteiger partial charge in [0.25, 0.3) is 5.91 Å². The molecule has 0 aliphatic heterocycles. The second-order valence-electron chi connectivity index (χ2n) is 5.96. The zero-order chi connectivity index (χ0) is 19.2. The molecule has 0 radical (unpaired) electrons. The van der Waals surface area contributed by atoms with Crippen LogP contribution in [0.1, 0.15) is 21.5 Å². The number of nitrogens with zero attached hydrogens (tertiary/aromatic N) is 2. The lowest BCUT2D eigenvalue weighted by molar-refractivity contribution is -0.119. The third-order valence-electron chi connectivity index (χ3n) is 3.88. The minimum atomic E-state index is -0.547. The number of halogens is 1. The van der Waals surface area contributed by atoms with Crippen molar-refractivity contribution in [2.24, 2.45) is 0 Å². The van der Waals surface area contributed by atoms with Crippen molar-refractivity contribution in [1.82, 2.24) is 9.78 Å². The first-order chi connectivity index (χ1) is 13.0. The number of hydrogen-bond acceptors (Lipinski definition) is 4. The average molecular weight is 384 g/mol. The first-order valence-electron chi connectivity index (χ1n) is 8.32. The van der Waals surface area contributed by atoms with E-state index in [1.165, 1.54) is 0 Å². The number of anilines is 1. The Hall–Kier alpha value is -3.12.